The Balaban J connectivity index is 1.63. The Morgan fingerprint density at radius 3 is 2.31 bits per heavy atom. The van der Waals surface area contributed by atoms with Crippen LogP contribution in [-0.2, 0) is 4.79 Å². The highest BCUT2D eigenvalue weighted by atomic mass is 35.5. The molecule has 1 heterocycles. The predicted octanol–water partition coefficient (Wildman–Crippen LogP) is 4.85. The first-order chi connectivity index (χ1) is 15.3. The molecular formula is C22H24Cl2N6O2. The topological polar surface area (TPSA) is 118 Å². The van der Waals surface area contributed by atoms with E-state index in [4.69, 9.17) is 39.4 Å². The number of anilines is 2. The van der Waals surface area contributed by atoms with Crippen LogP contribution < -0.4 is 26.4 Å². The summed E-state index contributed by atoms with van der Waals surface area (Å²) in [7, 11) is 0. The Labute approximate surface area is 196 Å². The van der Waals surface area contributed by atoms with Crippen molar-refractivity contribution in [1.29, 1.82) is 0 Å². The minimum absolute atomic E-state index is 0.150. The number of amides is 1. The molecule has 0 atom stereocenters. The molecule has 1 saturated carbocycles. The number of nitrogens with one attached hydrogen (secondary N) is 1. The number of guanidine groups is 2. The van der Waals surface area contributed by atoms with Crippen LogP contribution in [0.1, 0.15) is 39.0 Å². The van der Waals surface area contributed by atoms with Crippen molar-refractivity contribution in [3.05, 3.63) is 46.4 Å². The maximum atomic E-state index is 11.2. The number of ether oxygens (including phenoxy) is 1. The number of benzene rings is 2. The van der Waals surface area contributed by atoms with E-state index >= 15 is 0 Å². The summed E-state index contributed by atoms with van der Waals surface area (Å²) in [4.78, 5) is 21.9. The van der Waals surface area contributed by atoms with Crippen molar-refractivity contribution in [1.82, 2.24) is 0 Å². The molecule has 1 amide bonds. The van der Waals surface area contributed by atoms with Crippen molar-refractivity contribution in [3.63, 3.8) is 0 Å². The lowest BCUT2D eigenvalue weighted by atomic mass is 9.87. The largest absolute Gasteiger partial charge is 0.454 e. The van der Waals surface area contributed by atoms with E-state index in [0.29, 0.717) is 32.9 Å². The van der Waals surface area contributed by atoms with Gasteiger partial charge in [-0.05, 0) is 62.1 Å². The molecule has 8 nitrogen and oxygen atoms in total. The van der Waals surface area contributed by atoms with Crippen LogP contribution in [0.3, 0.4) is 0 Å². The van der Waals surface area contributed by atoms with Gasteiger partial charge in [-0.3, -0.25) is 9.69 Å². The monoisotopic (exact) mass is 474 g/mol. The summed E-state index contributed by atoms with van der Waals surface area (Å²) >= 11 is 13.1. The number of hydrogen-bond donors (Lipinski definition) is 3. The fraction of sp³-hybridized carbons (Fsp3) is 0.318. The van der Waals surface area contributed by atoms with E-state index < -0.39 is 5.66 Å². The molecule has 0 saturated heterocycles. The van der Waals surface area contributed by atoms with Crippen LogP contribution >= 0.6 is 23.2 Å². The van der Waals surface area contributed by atoms with Crippen molar-refractivity contribution in [2.75, 3.05) is 10.2 Å². The van der Waals surface area contributed by atoms with Gasteiger partial charge in [0.1, 0.15) is 11.4 Å². The number of nitrogens with zero attached hydrogens (tertiary/aromatic N) is 3. The lowest BCUT2D eigenvalue weighted by Gasteiger charge is -2.45. The van der Waals surface area contributed by atoms with Gasteiger partial charge in [0.05, 0.1) is 10.0 Å². The van der Waals surface area contributed by atoms with Crippen LogP contribution in [-0.4, -0.2) is 23.5 Å². The van der Waals surface area contributed by atoms with Crippen LogP contribution in [0.15, 0.2) is 46.4 Å². The summed E-state index contributed by atoms with van der Waals surface area (Å²) in [6.07, 6.45) is 4.77. The van der Waals surface area contributed by atoms with Gasteiger partial charge in [0.2, 0.25) is 17.8 Å². The van der Waals surface area contributed by atoms with Gasteiger partial charge in [0, 0.05) is 18.3 Å². The maximum Gasteiger partial charge on any atom is 0.221 e. The molecule has 168 valence electrons. The summed E-state index contributed by atoms with van der Waals surface area (Å²) in [6.45, 7) is 1.45. The van der Waals surface area contributed by atoms with Gasteiger partial charge in [0.15, 0.2) is 5.75 Å². The third-order valence-corrected chi connectivity index (χ3v) is 6.05. The van der Waals surface area contributed by atoms with E-state index in [1.807, 2.05) is 4.90 Å². The second-order valence-corrected chi connectivity index (χ2v) is 8.68. The molecule has 0 radical (unpaired) electrons. The minimum atomic E-state index is -0.595. The standard InChI is InChI=1S/C22H24Cl2N6O2/c1-13(31)27-14-5-7-16(8-6-14)32-19-17(23)11-15(12-18(19)24)30-21(26)28-20(25)29-22(30)9-3-2-4-10-22/h5-8,11-12H,2-4,9-10H2,1H3,(H,27,31)(H4,25,26,28,29). The predicted molar refractivity (Wildman–Crippen MR) is 129 cm³/mol. The number of aliphatic imine (C=N–C) groups is 2. The highest BCUT2D eigenvalue weighted by Gasteiger charge is 2.43. The Morgan fingerprint density at radius 1 is 1.09 bits per heavy atom. The third-order valence-electron chi connectivity index (χ3n) is 5.49. The number of nitrogens with two attached hydrogens (primary N) is 2. The SMILES string of the molecule is CC(=O)Nc1ccc(Oc2c(Cl)cc(N3C(N)=NC(N)=NC34CCCCC4)cc2Cl)cc1. The Hall–Kier alpha value is -2.97. The van der Waals surface area contributed by atoms with Crippen molar-refractivity contribution >= 4 is 52.4 Å². The summed E-state index contributed by atoms with van der Waals surface area (Å²) in [5, 5.41) is 3.34. The molecule has 1 aliphatic carbocycles. The third kappa shape index (κ3) is 4.47. The average Bonchev–Trinajstić information content (AvgIpc) is 2.71. The van der Waals surface area contributed by atoms with Gasteiger partial charge in [0.25, 0.3) is 0 Å². The molecule has 0 bridgehead atoms. The van der Waals surface area contributed by atoms with Gasteiger partial charge < -0.3 is 21.5 Å². The molecule has 5 N–H and O–H groups in total. The fourth-order valence-corrected chi connectivity index (χ4v) is 4.75. The minimum Gasteiger partial charge on any atom is -0.454 e. The zero-order valence-corrected chi connectivity index (χ0v) is 19.1. The number of carbonyl (C=O) groups excluding carboxylic acids is 1. The number of carbonyl (C=O) groups is 1. The Bertz CT molecular complexity index is 1070. The fourth-order valence-electron chi connectivity index (χ4n) is 4.20. The normalized spacial score (nSPS) is 17.5. The average molecular weight is 475 g/mol. The zero-order valence-electron chi connectivity index (χ0n) is 17.6. The molecule has 2 aromatic rings. The van der Waals surface area contributed by atoms with E-state index in [9.17, 15) is 4.79 Å². The van der Waals surface area contributed by atoms with Crippen LogP contribution in [0.25, 0.3) is 0 Å². The first-order valence-corrected chi connectivity index (χ1v) is 11.1. The van der Waals surface area contributed by atoms with E-state index in [-0.39, 0.29) is 17.8 Å². The van der Waals surface area contributed by atoms with E-state index in [1.54, 1.807) is 36.4 Å². The number of rotatable bonds is 4. The molecular weight excluding hydrogens is 451 g/mol. The summed E-state index contributed by atoms with van der Waals surface area (Å²) < 4.78 is 5.92. The van der Waals surface area contributed by atoms with E-state index in [2.05, 4.69) is 15.3 Å². The highest BCUT2D eigenvalue weighted by molar-refractivity contribution is 6.37. The first kappa shape index (κ1) is 22.2. The summed E-state index contributed by atoms with van der Waals surface area (Å²) in [5.41, 5.74) is 13.0. The molecule has 10 heteroatoms. The highest BCUT2D eigenvalue weighted by Crippen LogP contribution is 2.44. The first-order valence-electron chi connectivity index (χ1n) is 10.3. The van der Waals surface area contributed by atoms with Crippen molar-refractivity contribution < 1.29 is 9.53 Å². The van der Waals surface area contributed by atoms with Crippen LogP contribution in [0.4, 0.5) is 11.4 Å². The zero-order chi connectivity index (χ0) is 22.9. The maximum absolute atomic E-state index is 11.2. The van der Waals surface area contributed by atoms with E-state index in [1.165, 1.54) is 6.92 Å². The van der Waals surface area contributed by atoms with Crippen molar-refractivity contribution in [2.24, 2.45) is 21.5 Å². The van der Waals surface area contributed by atoms with Crippen LogP contribution in [0.5, 0.6) is 11.5 Å². The van der Waals surface area contributed by atoms with Gasteiger partial charge in [-0.15, -0.1) is 0 Å². The van der Waals surface area contributed by atoms with Crippen LogP contribution in [0.2, 0.25) is 10.0 Å². The molecule has 2 aliphatic rings. The molecule has 1 aliphatic heterocycles. The van der Waals surface area contributed by atoms with Gasteiger partial charge >= 0.3 is 0 Å². The van der Waals surface area contributed by atoms with Gasteiger partial charge in [-0.25, -0.2) is 4.99 Å². The molecule has 32 heavy (non-hydrogen) atoms. The summed E-state index contributed by atoms with van der Waals surface area (Å²) in [6, 6.07) is 10.4. The molecule has 0 unspecified atom stereocenters. The quantitative estimate of drug-likeness (QED) is 0.584. The molecule has 2 aromatic carbocycles. The molecule has 4 rings (SSSR count). The number of hydrogen-bond acceptors (Lipinski definition) is 7. The second kappa shape index (κ2) is 8.88. The van der Waals surface area contributed by atoms with E-state index in [0.717, 1.165) is 32.1 Å². The van der Waals surface area contributed by atoms with Crippen LogP contribution in [0, 0.1) is 0 Å². The Morgan fingerprint density at radius 2 is 1.72 bits per heavy atom. The second-order valence-electron chi connectivity index (χ2n) is 7.86. The van der Waals surface area contributed by atoms with Crippen molar-refractivity contribution in [2.45, 2.75) is 44.7 Å². The lowest BCUT2D eigenvalue weighted by molar-refractivity contribution is -0.114. The molecule has 0 aromatic heterocycles. The van der Waals surface area contributed by atoms with Gasteiger partial charge in [-0.2, -0.15) is 4.99 Å². The molecule has 1 fully saturated rings. The smallest absolute Gasteiger partial charge is 0.221 e. The molecule has 1 spiro atoms. The van der Waals surface area contributed by atoms with Gasteiger partial charge in [-0.1, -0.05) is 29.6 Å². The lowest BCUT2D eigenvalue weighted by Crippen LogP contribution is -2.58. The number of halogens is 2. The van der Waals surface area contributed by atoms with Crippen molar-refractivity contribution in [3.8, 4) is 11.5 Å². The summed E-state index contributed by atoms with van der Waals surface area (Å²) in [5.74, 6) is 1.13. The Kier molecular flexibility index (Phi) is 6.17.